The molecule has 0 saturated carbocycles. The summed E-state index contributed by atoms with van der Waals surface area (Å²) in [6, 6.07) is 5.88. The normalized spacial score (nSPS) is 10.7. The Morgan fingerprint density at radius 1 is 0.879 bits per heavy atom. The predicted octanol–water partition coefficient (Wildman–Crippen LogP) is 3.08. The number of carbonyl (C=O) groups excluding carboxylic acids is 2. The smallest absolute Gasteiger partial charge is 0.303 e. The first-order valence-electron chi connectivity index (χ1n) is 10.1. The van der Waals surface area contributed by atoms with Crippen LogP contribution in [0.15, 0.2) is 24.3 Å². The van der Waals surface area contributed by atoms with Gasteiger partial charge in [0.15, 0.2) is 0 Å². The number of nitrogens with zero attached hydrogens (tertiary/aromatic N) is 4. The second-order valence-corrected chi connectivity index (χ2v) is 9.13. The summed E-state index contributed by atoms with van der Waals surface area (Å²) in [6.45, 7) is 0. The average Bonchev–Trinajstić information content (AvgIpc) is 3.39. The van der Waals surface area contributed by atoms with Gasteiger partial charge in [0.05, 0.1) is 12.8 Å². The van der Waals surface area contributed by atoms with E-state index in [1.54, 1.807) is 12.1 Å². The Labute approximate surface area is 196 Å². The third kappa shape index (κ3) is 8.61. The van der Waals surface area contributed by atoms with Gasteiger partial charge in [-0.3, -0.25) is 14.4 Å². The number of aryl methyl sites for hydroxylation is 2. The molecule has 2 heterocycles. The molecule has 2 aromatic heterocycles. The monoisotopic (exact) mass is 492 g/mol. The van der Waals surface area contributed by atoms with Gasteiger partial charge >= 0.3 is 5.97 Å². The molecule has 0 radical (unpaired) electrons. The van der Waals surface area contributed by atoms with Crippen LogP contribution in [0.25, 0.3) is 0 Å². The van der Waals surface area contributed by atoms with Crippen LogP contribution >= 0.6 is 22.7 Å². The van der Waals surface area contributed by atoms with E-state index < -0.39 is 11.9 Å². The van der Waals surface area contributed by atoms with Crippen LogP contribution < -0.4 is 10.6 Å². The van der Waals surface area contributed by atoms with Gasteiger partial charge in [-0.25, -0.2) is 4.39 Å². The maximum absolute atomic E-state index is 13.2. The lowest BCUT2D eigenvalue weighted by atomic mass is 10.1. The van der Waals surface area contributed by atoms with Crippen LogP contribution in [-0.4, -0.2) is 43.3 Å². The maximum atomic E-state index is 13.2. The van der Waals surface area contributed by atoms with Gasteiger partial charge in [0, 0.05) is 19.3 Å². The Balaban J connectivity index is 1.35. The molecule has 1 aromatic carbocycles. The molecule has 0 saturated heterocycles. The van der Waals surface area contributed by atoms with E-state index >= 15 is 0 Å². The average molecular weight is 493 g/mol. The molecular formula is C20H21FN6O4S2. The van der Waals surface area contributed by atoms with Gasteiger partial charge in [-0.1, -0.05) is 34.8 Å². The summed E-state index contributed by atoms with van der Waals surface area (Å²) >= 11 is 2.55. The Kier molecular flexibility index (Phi) is 8.89. The van der Waals surface area contributed by atoms with Crippen LogP contribution in [0, 0.1) is 5.82 Å². The Morgan fingerprint density at radius 3 is 2.06 bits per heavy atom. The quantitative estimate of drug-likeness (QED) is 0.327. The number of unbranched alkanes of at least 4 members (excludes halogenated alkanes) is 1. The van der Waals surface area contributed by atoms with Crippen LogP contribution in [0.5, 0.6) is 0 Å². The molecule has 33 heavy (non-hydrogen) atoms. The summed E-state index contributed by atoms with van der Waals surface area (Å²) in [5.74, 6) is -2.11. The number of halogens is 1. The summed E-state index contributed by atoms with van der Waals surface area (Å²) < 4.78 is 13.2. The predicted molar refractivity (Wildman–Crippen MR) is 121 cm³/mol. The molecule has 174 valence electrons. The number of carbonyl (C=O) groups is 3. The van der Waals surface area contributed by atoms with Gasteiger partial charge in [-0.05, 0) is 30.5 Å². The number of rotatable bonds is 12. The minimum absolute atomic E-state index is 0.0521. The van der Waals surface area contributed by atoms with E-state index in [9.17, 15) is 18.8 Å². The zero-order valence-electron chi connectivity index (χ0n) is 17.4. The number of amides is 2. The molecule has 0 unspecified atom stereocenters. The molecule has 0 spiro atoms. The molecule has 0 bridgehead atoms. The molecule has 10 nitrogen and oxygen atoms in total. The fourth-order valence-electron chi connectivity index (χ4n) is 2.76. The number of carboxylic acids is 1. The number of hydrogen-bond acceptors (Lipinski definition) is 9. The van der Waals surface area contributed by atoms with Crippen LogP contribution in [0.4, 0.5) is 14.7 Å². The first kappa shape index (κ1) is 24.3. The van der Waals surface area contributed by atoms with E-state index in [1.807, 2.05) is 0 Å². The van der Waals surface area contributed by atoms with Crippen LogP contribution in [0.1, 0.15) is 41.3 Å². The van der Waals surface area contributed by atoms with E-state index in [-0.39, 0.29) is 31.0 Å². The van der Waals surface area contributed by atoms with Gasteiger partial charge in [0.1, 0.15) is 15.8 Å². The van der Waals surface area contributed by atoms with Crippen molar-refractivity contribution in [3.8, 4) is 0 Å². The summed E-state index contributed by atoms with van der Waals surface area (Å²) in [7, 11) is 0. The Bertz CT molecular complexity index is 1120. The lowest BCUT2D eigenvalue weighted by Gasteiger charge is -2.01. The topological polar surface area (TPSA) is 147 Å². The molecule has 13 heteroatoms. The van der Waals surface area contributed by atoms with E-state index in [0.717, 1.165) is 22.9 Å². The number of aromatic nitrogens is 4. The van der Waals surface area contributed by atoms with Crippen molar-refractivity contribution in [2.24, 2.45) is 0 Å². The van der Waals surface area contributed by atoms with E-state index in [0.29, 0.717) is 28.7 Å². The highest BCUT2D eigenvalue weighted by atomic mass is 32.1. The second kappa shape index (κ2) is 12.1. The first-order valence-corrected chi connectivity index (χ1v) is 11.7. The minimum Gasteiger partial charge on any atom is -0.481 e. The van der Waals surface area contributed by atoms with Crippen LogP contribution in [0.2, 0.25) is 0 Å². The van der Waals surface area contributed by atoms with Crippen molar-refractivity contribution in [1.82, 2.24) is 20.4 Å². The van der Waals surface area contributed by atoms with Crippen LogP contribution in [0.3, 0.4) is 0 Å². The molecule has 3 rings (SSSR count). The SMILES string of the molecule is O=C(O)CCC(=O)Nc1nnc(CCCCc2nnc(NC(=O)Cc3cccc(F)c3)s2)s1. The molecular weight excluding hydrogens is 471 g/mol. The summed E-state index contributed by atoms with van der Waals surface area (Å²) in [5.41, 5.74) is 0.580. The number of carboxylic acid groups (broad SMARTS) is 1. The van der Waals surface area contributed by atoms with Crippen LogP contribution in [-0.2, 0) is 33.6 Å². The molecule has 0 atom stereocenters. The van der Waals surface area contributed by atoms with Crippen molar-refractivity contribution >= 4 is 50.7 Å². The zero-order valence-corrected chi connectivity index (χ0v) is 19.0. The number of aliphatic carboxylic acids is 1. The number of hydrogen-bond donors (Lipinski definition) is 3. The van der Waals surface area contributed by atoms with Gasteiger partial charge in [0.2, 0.25) is 22.1 Å². The maximum Gasteiger partial charge on any atom is 0.303 e. The minimum atomic E-state index is -1.03. The molecule has 0 fully saturated rings. The highest BCUT2D eigenvalue weighted by molar-refractivity contribution is 7.15. The number of benzene rings is 1. The first-order chi connectivity index (χ1) is 15.9. The van der Waals surface area contributed by atoms with Crippen molar-refractivity contribution in [3.63, 3.8) is 0 Å². The van der Waals surface area contributed by atoms with Gasteiger partial charge in [-0.2, -0.15) is 0 Å². The molecule has 2 amide bonds. The molecule has 0 aliphatic carbocycles. The second-order valence-electron chi connectivity index (χ2n) is 7.01. The summed E-state index contributed by atoms with van der Waals surface area (Å²) in [4.78, 5) is 34.2. The largest absolute Gasteiger partial charge is 0.481 e. The lowest BCUT2D eigenvalue weighted by molar-refractivity contribution is -0.138. The summed E-state index contributed by atoms with van der Waals surface area (Å²) in [5, 5.41) is 32.1. The van der Waals surface area contributed by atoms with E-state index in [4.69, 9.17) is 5.11 Å². The third-order valence-electron chi connectivity index (χ3n) is 4.28. The molecule has 0 aliphatic heterocycles. The zero-order chi connectivity index (χ0) is 23.6. The third-order valence-corrected chi connectivity index (χ3v) is 6.07. The van der Waals surface area contributed by atoms with Crippen molar-refractivity contribution in [1.29, 1.82) is 0 Å². The fourth-order valence-corrected chi connectivity index (χ4v) is 4.36. The highest BCUT2D eigenvalue weighted by Gasteiger charge is 2.11. The van der Waals surface area contributed by atoms with Gasteiger partial charge in [-0.15, -0.1) is 20.4 Å². The van der Waals surface area contributed by atoms with Gasteiger partial charge in [0.25, 0.3) is 0 Å². The molecule has 3 N–H and O–H groups in total. The van der Waals surface area contributed by atoms with Crippen molar-refractivity contribution < 1.29 is 23.9 Å². The highest BCUT2D eigenvalue weighted by Crippen LogP contribution is 2.20. The van der Waals surface area contributed by atoms with Crippen molar-refractivity contribution in [2.45, 2.75) is 44.9 Å². The van der Waals surface area contributed by atoms with E-state index in [1.165, 1.54) is 34.8 Å². The standard InChI is InChI=1S/C20H21FN6O4S2/c21-13-5-3-4-12(10-13)11-15(29)23-20-27-25-17(33-20)7-2-1-6-16-24-26-19(32-16)22-14(28)8-9-18(30)31/h3-5,10H,1-2,6-9,11H2,(H,30,31)(H,22,26,28)(H,23,27,29). The van der Waals surface area contributed by atoms with Crippen molar-refractivity contribution in [2.75, 3.05) is 10.6 Å². The Hall–Kier alpha value is -3.32. The lowest BCUT2D eigenvalue weighted by Crippen LogP contribution is -2.14. The molecule has 0 aliphatic rings. The van der Waals surface area contributed by atoms with Gasteiger partial charge < -0.3 is 15.7 Å². The summed E-state index contributed by atoms with van der Waals surface area (Å²) in [6.07, 6.45) is 2.72. The fraction of sp³-hybridized carbons (Fsp3) is 0.350. The molecule has 3 aromatic rings. The number of anilines is 2. The van der Waals surface area contributed by atoms with Crippen molar-refractivity contribution in [3.05, 3.63) is 45.7 Å². The Morgan fingerprint density at radius 2 is 1.48 bits per heavy atom. The number of nitrogens with one attached hydrogen (secondary N) is 2. The van der Waals surface area contributed by atoms with E-state index in [2.05, 4.69) is 31.0 Å².